The first-order valence-electron chi connectivity index (χ1n) is 9.74. The highest BCUT2D eigenvalue weighted by Gasteiger charge is 2.34. The molecule has 1 unspecified atom stereocenters. The van der Waals surface area contributed by atoms with Crippen LogP contribution in [0.4, 0.5) is 0 Å². The largest absolute Gasteiger partial charge is 0.337 e. The Kier molecular flexibility index (Phi) is 5.66. The number of hydrogen-bond donors (Lipinski definition) is 0. The van der Waals surface area contributed by atoms with E-state index in [4.69, 9.17) is 11.6 Å². The fourth-order valence-electron chi connectivity index (χ4n) is 3.85. The summed E-state index contributed by atoms with van der Waals surface area (Å²) in [5, 5.41) is 4.09. The number of para-hydroxylation sites is 1. The summed E-state index contributed by atoms with van der Waals surface area (Å²) in [6.07, 6.45) is 1.86. The van der Waals surface area contributed by atoms with Crippen LogP contribution < -0.4 is 0 Å². The molecule has 2 heterocycles. The van der Waals surface area contributed by atoms with Crippen LogP contribution in [0.5, 0.6) is 0 Å². The molecule has 1 aliphatic rings. The van der Waals surface area contributed by atoms with Crippen LogP contribution >= 0.6 is 11.6 Å². The highest BCUT2D eigenvalue weighted by Crippen LogP contribution is 2.34. The Bertz CT molecular complexity index is 1180. The molecule has 156 valence electrons. The van der Waals surface area contributed by atoms with Gasteiger partial charge in [-0.2, -0.15) is 5.10 Å². The number of carbonyl (C=O) groups excluding carboxylic acids is 1. The predicted molar refractivity (Wildman–Crippen MR) is 117 cm³/mol. The molecule has 1 aromatic heterocycles. The lowest BCUT2D eigenvalue weighted by Gasteiger charge is -2.20. The minimum absolute atomic E-state index is 0.0967. The van der Waals surface area contributed by atoms with Crippen molar-refractivity contribution in [3.8, 4) is 5.69 Å². The zero-order valence-corrected chi connectivity index (χ0v) is 18.1. The SMILES string of the molecule is Cc1c(C(=O)N2CCC(c3ccccc3Cl)S(=O)(=O)CC2)cnn1-c1ccccc1. The molecule has 6 nitrogen and oxygen atoms in total. The summed E-state index contributed by atoms with van der Waals surface area (Å²) in [6.45, 7) is 2.33. The van der Waals surface area contributed by atoms with Crippen molar-refractivity contribution in [2.24, 2.45) is 0 Å². The minimum atomic E-state index is -3.43. The number of carbonyl (C=O) groups is 1. The predicted octanol–water partition coefficient (Wildman–Crippen LogP) is 3.84. The molecule has 8 heteroatoms. The first kappa shape index (κ1) is 20.6. The van der Waals surface area contributed by atoms with E-state index in [1.54, 1.807) is 40.0 Å². The van der Waals surface area contributed by atoms with Crippen LogP contribution in [0, 0.1) is 6.92 Å². The van der Waals surface area contributed by atoms with Gasteiger partial charge in [-0.1, -0.05) is 48.0 Å². The lowest BCUT2D eigenvalue weighted by molar-refractivity contribution is 0.0766. The molecule has 0 spiro atoms. The molecule has 0 saturated carbocycles. The molecule has 1 saturated heterocycles. The van der Waals surface area contributed by atoms with E-state index < -0.39 is 15.1 Å². The van der Waals surface area contributed by atoms with Crippen molar-refractivity contribution in [3.63, 3.8) is 0 Å². The second-order valence-electron chi connectivity index (χ2n) is 7.35. The summed E-state index contributed by atoms with van der Waals surface area (Å²) < 4.78 is 27.5. The van der Waals surface area contributed by atoms with E-state index in [2.05, 4.69) is 5.10 Å². The lowest BCUT2D eigenvalue weighted by Crippen LogP contribution is -2.33. The molecular formula is C22H22ClN3O3S. The Labute approximate surface area is 181 Å². The van der Waals surface area contributed by atoms with E-state index in [-0.39, 0.29) is 18.2 Å². The van der Waals surface area contributed by atoms with Crippen molar-refractivity contribution in [1.82, 2.24) is 14.7 Å². The van der Waals surface area contributed by atoms with E-state index in [9.17, 15) is 13.2 Å². The number of rotatable bonds is 3. The second kappa shape index (κ2) is 8.24. The third-order valence-electron chi connectivity index (χ3n) is 5.52. The fraction of sp³-hybridized carbons (Fsp3) is 0.273. The van der Waals surface area contributed by atoms with Gasteiger partial charge in [0, 0.05) is 18.1 Å². The number of hydrogen-bond acceptors (Lipinski definition) is 4. The molecule has 0 bridgehead atoms. The smallest absolute Gasteiger partial charge is 0.257 e. The van der Waals surface area contributed by atoms with Crippen molar-refractivity contribution < 1.29 is 13.2 Å². The summed E-state index contributed by atoms with van der Waals surface area (Å²) in [5.74, 6) is -0.301. The average molecular weight is 444 g/mol. The highest BCUT2D eigenvalue weighted by molar-refractivity contribution is 7.91. The summed E-state index contributed by atoms with van der Waals surface area (Å²) >= 11 is 6.26. The molecule has 0 N–H and O–H groups in total. The maximum atomic E-state index is 13.2. The molecule has 30 heavy (non-hydrogen) atoms. The molecule has 2 aromatic carbocycles. The van der Waals surface area contributed by atoms with Gasteiger partial charge < -0.3 is 4.90 Å². The van der Waals surface area contributed by atoms with E-state index in [1.807, 2.05) is 37.3 Å². The van der Waals surface area contributed by atoms with Gasteiger partial charge in [0.05, 0.1) is 34.1 Å². The standard InChI is InChI=1S/C22H22ClN3O3S/c1-16-19(15-24-26(16)17-7-3-2-4-8-17)22(27)25-12-11-21(30(28,29)14-13-25)18-9-5-6-10-20(18)23/h2-10,15,21H,11-14H2,1H3. The molecule has 0 aliphatic carbocycles. The van der Waals surface area contributed by atoms with Crippen LogP contribution in [0.15, 0.2) is 60.8 Å². The Hall–Kier alpha value is -2.64. The van der Waals surface area contributed by atoms with E-state index in [0.717, 1.165) is 11.4 Å². The molecule has 1 fully saturated rings. The normalized spacial score (nSPS) is 18.7. The van der Waals surface area contributed by atoms with Gasteiger partial charge >= 0.3 is 0 Å². The van der Waals surface area contributed by atoms with E-state index in [1.165, 1.54) is 0 Å². The summed E-state index contributed by atoms with van der Waals surface area (Å²) in [6, 6.07) is 16.6. The van der Waals surface area contributed by atoms with Crippen LogP contribution in [-0.4, -0.2) is 47.8 Å². The van der Waals surface area contributed by atoms with Gasteiger partial charge in [0.2, 0.25) is 0 Å². The van der Waals surface area contributed by atoms with Gasteiger partial charge in [-0.3, -0.25) is 4.79 Å². The highest BCUT2D eigenvalue weighted by atomic mass is 35.5. The third kappa shape index (κ3) is 3.87. The molecule has 0 radical (unpaired) electrons. The molecule has 1 aliphatic heterocycles. The van der Waals surface area contributed by atoms with Gasteiger partial charge in [-0.15, -0.1) is 0 Å². The van der Waals surface area contributed by atoms with Gasteiger partial charge in [-0.25, -0.2) is 13.1 Å². The lowest BCUT2D eigenvalue weighted by atomic mass is 10.1. The average Bonchev–Trinajstić information content (AvgIpc) is 3.04. The topological polar surface area (TPSA) is 72.3 Å². The Morgan fingerprint density at radius 3 is 2.50 bits per heavy atom. The van der Waals surface area contributed by atoms with Crippen LogP contribution in [0.1, 0.15) is 33.3 Å². The van der Waals surface area contributed by atoms with Crippen molar-refractivity contribution in [2.45, 2.75) is 18.6 Å². The number of halogens is 1. The summed E-state index contributed by atoms with van der Waals surface area (Å²) in [5.41, 5.74) is 2.67. The number of amides is 1. The Balaban J connectivity index is 1.59. The van der Waals surface area contributed by atoms with Crippen molar-refractivity contribution in [2.75, 3.05) is 18.8 Å². The number of nitrogens with zero attached hydrogens (tertiary/aromatic N) is 3. The quantitative estimate of drug-likeness (QED) is 0.616. The zero-order chi connectivity index (χ0) is 21.3. The van der Waals surface area contributed by atoms with Crippen LogP contribution in [-0.2, 0) is 9.84 Å². The second-order valence-corrected chi connectivity index (χ2v) is 10.1. The molecule has 4 rings (SSSR count). The van der Waals surface area contributed by atoms with Gasteiger partial charge in [0.25, 0.3) is 5.91 Å². The van der Waals surface area contributed by atoms with Crippen molar-refractivity contribution >= 4 is 27.3 Å². The molecule has 3 aromatic rings. The Morgan fingerprint density at radius 1 is 1.07 bits per heavy atom. The molecule has 1 amide bonds. The summed E-state index contributed by atoms with van der Waals surface area (Å²) in [7, 11) is -3.43. The number of sulfone groups is 1. The monoisotopic (exact) mass is 443 g/mol. The minimum Gasteiger partial charge on any atom is -0.337 e. The van der Waals surface area contributed by atoms with Gasteiger partial charge in [0.15, 0.2) is 9.84 Å². The van der Waals surface area contributed by atoms with Gasteiger partial charge in [-0.05, 0) is 37.1 Å². The van der Waals surface area contributed by atoms with Crippen LogP contribution in [0.25, 0.3) is 5.69 Å². The third-order valence-corrected chi connectivity index (χ3v) is 7.97. The Morgan fingerprint density at radius 2 is 1.77 bits per heavy atom. The van der Waals surface area contributed by atoms with E-state index in [0.29, 0.717) is 29.1 Å². The zero-order valence-electron chi connectivity index (χ0n) is 16.5. The van der Waals surface area contributed by atoms with Crippen molar-refractivity contribution in [1.29, 1.82) is 0 Å². The van der Waals surface area contributed by atoms with Crippen LogP contribution in [0.2, 0.25) is 5.02 Å². The number of benzene rings is 2. The van der Waals surface area contributed by atoms with Crippen LogP contribution in [0.3, 0.4) is 0 Å². The maximum Gasteiger partial charge on any atom is 0.257 e. The number of aromatic nitrogens is 2. The molecular weight excluding hydrogens is 422 g/mol. The van der Waals surface area contributed by atoms with E-state index >= 15 is 0 Å². The summed E-state index contributed by atoms with van der Waals surface area (Å²) in [4.78, 5) is 14.8. The maximum absolute atomic E-state index is 13.2. The molecule has 1 atom stereocenters. The first-order chi connectivity index (χ1) is 14.4. The first-order valence-corrected chi connectivity index (χ1v) is 11.8. The van der Waals surface area contributed by atoms with Crippen molar-refractivity contribution in [3.05, 3.63) is 82.6 Å². The van der Waals surface area contributed by atoms with Gasteiger partial charge in [0.1, 0.15) is 0 Å². The fourth-order valence-corrected chi connectivity index (χ4v) is 6.00.